The van der Waals surface area contributed by atoms with E-state index in [1.54, 1.807) is 7.11 Å². The van der Waals surface area contributed by atoms with Crippen LogP contribution in [0.25, 0.3) is 11.8 Å². The second-order valence-electron chi connectivity index (χ2n) is 8.82. The Morgan fingerprint density at radius 2 is 1.88 bits per heavy atom. The summed E-state index contributed by atoms with van der Waals surface area (Å²) >= 11 is 0. The molecule has 0 radical (unpaired) electrons. The van der Waals surface area contributed by atoms with Crippen LogP contribution >= 0.6 is 0 Å². The van der Waals surface area contributed by atoms with E-state index >= 15 is 0 Å². The summed E-state index contributed by atoms with van der Waals surface area (Å²) in [7, 11) is 1.75. The van der Waals surface area contributed by atoms with Gasteiger partial charge in [-0.3, -0.25) is 0 Å². The first-order chi connectivity index (χ1) is 16.2. The highest BCUT2D eigenvalue weighted by Gasteiger charge is 2.34. The Kier molecular flexibility index (Phi) is 4.90. The third kappa shape index (κ3) is 3.39. The number of methoxy groups -OCH3 is 1. The molecule has 5 nitrogen and oxygen atoms in total. The van der Waals surface area contributed by atoms with Gasteiger partial charge in [0.1, 0.15) is 5.75 Å². The standard InChI is InChI=1S/C28H28N2O3/c1-18-27-21(8-9-24(31-2)28(27)29-12-10-19-6-4-3-5-7-19)14-23-22-16-26-25(32-17-33-26)15-20(22)11-13-30(18)23/h3-9,14-16,18,29H,10-13,17H2,1-2H3/t18-/m1/s1. The van der Waals surface area contributed by atoms with Gasteiger partial charge in [-0.15, -0.1) is 0 Å². The molecule has 3 aromatic rings. The van der Waals surface area contributed by atoms with E-state index in [1.807, 2.05) is 0 Å². The van der Waals surface area contributed by atoms with Crippen LogP contribution in [0.1, 0.15) is 40.8 Å². The Morgan fingerprint density at radius 3 is 2.70 bits per heavy atom. The number of ether oxygens (including phenoxy) is 3. The van der Waals surface area contributed by atoms with Gasteiger partial charge >= 0.3 is 0 Å². The second kappa shape index (κ2) is 8.07. The maximum absolute atomic E-state index is 5.77. The van der Waals surface area contributed by atoms with Crippen molar-refractivity contribution in [2.75, 3.05) is 32.3 Å². The summed E-state index contributed by atoms with van der Waals surface area (Å²) in [6, 6.07) is 19.4. The number of hydrogen-bond acceptors (Lipinski definition) is 5. The van der Waals surface area contributed by atoms with Crippen molar-refractivity contribution < 1.29 is 14.2 Å². The van der Waals surface area contributed by atoms with Crippen LogP contribution in [0.15, 0.2) is 54.6 Å². The van der Waals surface area contributed by atoms with Gasteiger partial charge in [0.2, 0.25) is 6.79 Å². The topological polar surface area (TPSA) is 43.0 Å². The quantitative estimate of drug-likeness (QED) is 0.567. The summed E-state index contributed by atoms with van der Waals surface area (Å²) in [6.07, 6.45) is 4.27. The highest BCUT2D eigenvalue weighted by Crippen LogP contribution is 2.48. The lowest BCUT2D eigenvalue weighted by atomic mass is 9.86. The highest BCUT2D eigenvalue weighted by atomic mass is 16.7. The molecule has 33 heavy (non-hydrogen) atoms. The van der Waals surface area contributed by atoms with E-state index < -0.39 is 0 Å². The number of nitrogens with zero attached hydrogens (tertiary/aromatic N) is 1. The molecule has 3 aromatic carbocycles. The van der Waals surface area contributed by atoms with Crippen molar-refractivity contribution in [1.29, 1.82) is 0 Å². The fraction of sp³-hybridized carbons (Fsp3) is 0.286. The smallest absolute Gasteiger partial charge is 0.231 e. The lowest BCUT2D eigenvalue weighted by molar-refractivity contribution is 0.174. The van der Waals surface area contributed by atoms with E-state index in [0.717, 1.165) is 48.9 Å². The minimum Gasteiger partial charge on any atom is -0.495 e. The van der Waals surface area contributed by atoms with E-state index in [-0.39, 0.29) is 6.04 Å². The molecule has 1 N–H and O–H groups in total. The predicted octanol–water partition coefficient (Wildman–Crippen LogP) is 5.51. The minimum atomic E-state index is 0.230. The summed E-state index contributed by atoms with van der Waals surface area (Å²) < 4.78 is 17.1. The minimum absolute atomic E-state index is 0.230. The zero-order valence-corrected chi connectivity index (χ0v) is 19.1. The molecule has 3 heterocycles. The monoisotopic (exact) mass is 440 g/mol. The van der Waals surface area contributed by atoms with Crippen LogP contribution in [0.2, 0.25) is 0 Å². The van der Waals surface area contributed by atoms with E-state index in [4.69, 9.17) is 14.2 Å². The molecular formula is C28H28N2O3. The molecule has 0 bridgehead atoms. The van der Waals surface area contributed by atoms with Crippen molar-refractivity contribution >= 4 is 17.5 Å². The number of benzene rings is 3. The Labute approximate surface area is 194 Å². The molecule has 5 heteroatoms. The maximum Gasteiger partial charge on any atom is 0.231 e. The SMILES string of the molecule is COc1ccc2c(c1NCCc1ccccc1)[C@@H](C)N1CCc3cc4c(cc3C1=C2)OCO4. The summed E-state index contributed by atoms with van der Waals surface area (Å²) in [4.78, 5) is 2.51. The van der Waals surface area contributed by atoms with Crippen LogP contribution in [0, 0.1) is 0 Å². The Hall–Kier alpha value is -3.60. The third-order valence-electron chi connectivity index (χ3n) is 7.00. The van der Waals surface area contributed by atoms with Crippen molar-refractivity contribution in [1.82, 2.24) is 4.90 Å². The van der Waals surface area contributed by atoms with Crippen molar-refractivity contribution in [2.24, 2.45) is 0 Å². The van der Waals surface area contributed by atoms with Crippen LogP contribution in [0.5, 0.6) is 17.2 Å². The van der Waals surface area contributed by atoms with E-state index in [9.17, 15) is 0 Å². The average molecular weight is 441 g/mol. The van der Waals surface area contributed by atoms with Gasteiger partial charge in [-0.2, -0.15) is 0 Å². The summed E-state index contributed by atoms with van der Waals surface area (Å²) in [6.45, 7) is 4.43. The van der Waals surface area contributed by atoms with Crippen LogP contribution < -0.4 is 19.5 Å². The fourth-order valence-electron chi connectivity index (χ4n) is 5.33. The van der Waals surface area contributed by atoms with Crippen molar-refractivity contribution in [2.45, 2.75) is 25.8 Å². The first kappa shape index (κ1) is 20.0. The maximum atomic E-state index is 5.77. The number of anilines is 1. The molecule has 168 valence electrons. The fourth-order valence-corrected chi connectivity index (χ4v) is 5.33. The van der Waals surface area contributed by atoms with Crippen LogP contribution in [0.4, 0.5) is 5.69 Å². The molecule has 3 aliphatic rings. The van der Waals surface area contributed by atoms with Gasteiger partial charge in [-0.05, 0) is 60.7 Å². The van der Waals surface area contributed by atoms with Gasteiger partial charge in [0.25, 0.3) is 0 Å². The van der Waals surface area contributed by atoms with Crippen molar-refractivity contribution in [3.05, 3.63) is 82.4 Å². The zero-order valence-electron chi connectivity index (χ0n) is 19.1. The Bertz CT molecular complexity index is 1240. The van der Waals surface area contributed by atoms with E-state index in [2.05, 4.69) is 77.8 Å². The molecule has 0 aromatic heterocycles. The summed E-state index contributed by atoms with van der Waals surface area (Å²) in [5.74, 6) is 2.60. The molecule has 1 atom stereocenters. The van der Waals surface area contributed by atoms with Gasteiger partial charge in [0.05, 0.1) is 18.8 Å². The molecule has 0 amide bonds. The lowest BCUT2D eigenvalue weighted by Crippen LogP contribution is -2.34. The molecule has 3 aliphatic heterocycles. The highest BCUT2D eigenvalue weighted by molar-refractivity contribution is 5.89. The third-order valence-corrected chi connectivity index (χ3v) is 7.00. The second-order valence-corrected chi connectivity index (χ2v) is 8.82. The van der Waals surface area contributed by atoms with E-state index in [1.165, 1.54) is 33.5 Å². The van der Waals surface area contributed by atoms with Crippen molar-refractivity contribution in [3.63, 3.8) is 0 Å². The lowest BCUT2D eigenvalue weighted by Gasteiger charge is -2.42. The molecule has 0 unspecified atom stereocenters. The van der Waals surface area contributed by atoms with Crippen molar-refractivity contribution in [3.8, 4) is 17.2 Å². The van der Waals surface area contributed by atoms with Gasteiger partial charge in [-0.1, -0.05) is 36.4 Å². The molecule has 0 aliphatic carbocycles. The number of fused-ring (bicyclic) bond motifs is 5. The van der Waals surface area contributed by atoms with Crippen LogP contribution in [-0.2, 0) is 12.8 Å². The molecule has 0 fully saturated rings. The van der Waals surface area contributed by atoms with Crippen LogP contribution in [-0.4, -0.2) is 31.9 Å². The Morgan fingerprint density at radius 1 is 1.06 bits per heavy atom. The number of rotatable bonds is 5. The summed E-state index contributed by atoms with van der Waals surface area (Å²) in [5, 5.41) is 3.70. The normalized spacial score (nSPS) is 17.6. The zero-order chi connectivity index (χ0) is 22.4. The number of nitrogens with one attached hydrogen (secondary N) is 1. The van der Waals surface area contributed by atoms with Gasteiger partial charge < -0.3 is 24.4 Å². The average Bonchev–Trinajstić information content (AvgIpc) is 3.31. The number of hydrogen-bond donors (Lipinski definition) is 1. The molecule has 0 spiro atoms. The molecule has 0 saturated heterocycles. The molecule has 0 saturated carbocycles. The molecule has 6 rings (SSSR count). The summed E-state index contributed by atoms with van der Waals surface area (Å²) in [5.41, 5.74) is 8.80. The first-order valence-electron chi connectivity index (χ1n) is 11.6. The van der Waals surface area contributed by atoms with Gasteiger partial charge in [0.15, 0.2) is 11.5 Å². The van der Waals surface area contributed by atoms with Crippen LogP contribution in [0.3, 0.4) is 0 Å². The van der Waals surface area contributed by atoms with Gasteiger partial charge in [-0.25, -0.2) is 0 Å². The van der Waals surface area contributed by atoms with Gasteiger partial charge in [0, 0.05) is 29.9 Å². The molecular weight excluding hydrogens is 412 g/mol. The Balaban J connectivity index is 1.37. The van der Waals surface area contributed by atoms with E-state index in [0.29, 0.717) is 6.79 Å². The largest absolute Gasteiger partial charge is 0.495 e. The first-order valence-corrected chi connectivity index (χ1v) is 11.6. The predicted molar refractivity (Wildman–Crippen MR) is 131 cm³/mol.